The lowest BCUT2D eigenvalue weighted by Crippen LogP contribution is -2.37. The van der Waals surface area contributed by atoms with Gasteiger partial charge in [0.1, 0.15) is 0 Å². The Balaban J connectivity index is 1.88. The molecule has 1 aliphatic rings. The Labute approximate surface area is 117 Å². The molecule has 0 aromatic heterocycles. The van der Waals surface area contributed by atoms with Crippen molar-refractivity contribution in [2.24, 2.45) is 0 Å². The van der Waals surface area contributed by atoms with Crippen molar-refractivity contribution in [3.63, 3.8) is 0 Å². The highest BCUT2D eigenvalue weighted by molar-refractivity contribution is 6.07. The third-order valence-corrected chi connectivity index (χ3v) is 2.97. The Morgan fingerprint density at radius 3 is 2.60 bits per heavy atom. The minimum absolute atomic E-state index is 0.279. The van der Waals surface area contributed by atoms with Crippen LogP contribution in [0.15, 0.2) is 36.0 Å². The molecule has 1 aromatic carbocycles. The molecule has 0 radical (unpaired) electrons. The fraction of sp³-hybridized carbons (Fsp3) is 0.286. The first kappa shape index (κ1) is 14.1. The van der Waals surface area contributed by atoms with E-state index in [0.29, 0.717) is 18.9 Å². The van der Waals surface area contributed by atoms with Crippen LogP contribution in [0.3, 0.4) is 0 Å². The summed E-state index contributed by atoms with van der Waals surface area (Å²) >= 11 is 0. The van der Waals surface area contributed by atoms with Crippen LogP contribution in [0.5, 0.6) is 0 Å². The van der Waals surface area contributed by atoms with E-state index in [4.69, 9.17) is 10.5 Å². The highest BCUT2D eigenvalue weighted by Gasteiger charge is 2.12. The molecule has 1 fully saturated rings. The van der Waals surface area contributed by atoms with Crippen molar-refractivity contribution < 1.29 is 14.3 Å². The SMILES string of the molecule is Nc1ccccc1C(=O)NC(=O)NC=C1CCOCC1. The van der Waals surface area contributed by atoms with Crippen molar-refractivity contribution >= 4 is 17.6 Å². The Hall–Kier alpha value is -2.34. The zero-order valence-electron chi connectivity index (χ0n) is 11.0. The maximum absolute atomic E-state index is 11.8. The molecule has 1 saturated heterocycles. The number of nitrogens with two attached hydrogens (primary N) is 1. The van der Waals surface area contributed by atoms with E-state index in [1.807, 2.05) is 0 Å². The minimum Gasteiger partial charge on any atom is -0.398 e. The van der Waals surface area contributed by atoms with Crippen molar-refractivity contribution in [3.05, 3.63) is 41.6 Å². The van der Waals surface area contributed by atoms with Gasteiger partial charge in [0.15, 0.2) is 0 Å². The summed E-state index contributed by atoms with van der Waals surface area (Å²) in [6.07, 6.45) is 3.21. The number of carbonyl (C=O) groups is 2. The van der Waals surface area contributed by atoms with Gasteiger partial charge in [-0.25, -0.2) is 4.79 Å². The van der Waals surface area contributed by atoms with Crippen molar-refractivity contribution in [2.45, 2.75) is 12.8 Å². The molecule has 1 heterocycles. The quantitative estimate of drug-likeness (QED) is 0.711. The Morgan fingerprint density at radius 1 is 1.20 bits per heavy atom. The van der Waals surface area contributed by atoms with Crippen LogP contribution in [0.4, 0.5) is 10.5 Å². The molecule has 0 unspecified atom stereocenters. The normalized spacial score (nSPS) is 14.5. The van der Waals surface area contributed by atoms with Gasteiger partial charge in [-0.15, -0.1) is 0 Å². The molecule has 20 heavy (non-hydrogen) atoms. The van der Waals surface area contributed by atoms with E-state index < -0.39 is 11.9 Å². The van der Waals surface area contributed by atoms with E-state index in [-0.39, 0.29) is 5.56 Å². The fourth-order valence-corrected chi connectivity index (χ4v) is 1.86. The van der Waals surface area contributed by atoms with Gasteiger partial charge in [-0.2, -0.15) is 0 Å². The number of nitrogen functional groups attached to an aromatic ring is 1. The van der Waals surface area contributed by atoms with Gasteiger partial charge in [0.2, 0.25) is 0 Å². The predicted octanol–water partition coefficient (Wildman–Crippen LogP) is 1.40. The smallest absolute Gasteiger partial charge is 0.325 e. The summed E-state index contributed by atoms with van der Waals surface area (Å²) < 4.78 is 5.20. The van der Waals surface area contributed by atoms with Gasteiger partial charge < -0.3 is 15.8 Å². The van der Waals surface area contributed by atoms with Crippen molar-refractivity contribution in [1.29, 1.82) is 0 Å². The summed E-state index contributed by atoms with van der Waals surface area (Å²) in [5, 5.41) is 4.78. The summed E-state index contributed by atoms with van der Waals surface area (Å²) in [5.74, 6) is -0.522. The lowest BCUT2D eigenvalue weighted by molar-refractivity contribution is 0.0965. The van der Waals surface area contributed by atoms with E-state index in [2.05, 4.69) is 10.6 Å². The fourth-order valence-electron chi connectivity index (χ4n) is 1.86. The van der Waals surface area contributed by atoms with Crippen LogP contribution >= 0.6 is 0 Å². The molecule has 1 aromatic rings. The lowest BCUT2D eigenvalue weighted by atomic mass is 10.1. The second-order valence-corrected chi connectivity index (χ2v) is 4.43. The number of rotatable bonds is 2. The molecule has 4 N–H and O–H groups in total. The summed E-state index contributed by atoms with van der Waals surface area (Å²) in [6.45, 7) is 1.32. The number of carbonyl (C=O) groups excluding carboxylic acids is 2. The number of imide groups is 1. The van der Waals surface area contributed by atoms with Crippen molar-refractivity contribution in [3.8, 4) is 0 Å². The number of nitrogens with one attached hydrogen (secondary N) is 2. The van der Waals surface area contributed by atoms with Crippen LogP contribution < -0.4 is 16.4 Å². The van der Waals surface area contributed by atoms with Crippen LogP contribution in [0.2, 0.25) is 0 Å². The van der Waals surface area contributed by atoms with Crippen LogP contribution in [0.25, 0.3) is 0 Å². The molecule has 2 rings (SSSR count). The van der Waals surface area contributed by atoms with E-state index in [1.165, 1.54) is 0 Å². The van der Waals surface area contributed by atoms with Crippen LogP contribution in [0.1, 0.15) is 23.2 Å². The summed E-state index contributed by atoms with van der Waals surface area (Å²) in [7, 11) is 0. The Morgan fingerprint density at radius 2 is 1.90 bits per heavy atom. The number of benzene rings is 1. The van der Waals surface area contributed by atoms with Crippen LogP contribution in [0, 0.1) is 0 Å². The minimum atomic E-state index is -0.572. The molecule has 0 bridgehead atoms. The molecule has 106 valence electrons. The van der Waals surface area contributed by atoms with E-state index in [0.717, 1.165) is 18.4 Å². The average molecular weight is 275 g/mol. The standard InChI is InChI=1S/C14H17N3O3/c15-12-4-2-1-3-11(12)13(18)17-14(19)16-9-10-5-7-20-8-6-10/h1-4,9H,5-8,15H2,(H2,16,17,18,19). The summed E-state index contributed by atoms with van der Waals surface area (Å²) in [6, 6.07) is 6.01. The van der Waals surface area contributed by atoms with Crippen LogP contribution in [-0.2, 0) is 4.74 Å². The highest BCUT2D eigenvalue weighted by atomic mass is 16.5. The topological polar surface area (TPSA) is 93.5 Å². The molecule has 0 spiro atoms. The molecule has 6 nitrogen and oxygen atoms in total. The summed E-state index contributed by atoms with van der Waals surface area (Å²) in [5.41, 5.74) is 7.38. The number of anilines is 1. The van der Waals surface area contributed by atoms with Gasteiger partial charge in [-0.3, -0.25) is 10.1 Å². The number of ether oxygens (including phenoxy) is 1. The average Bonchev–Trinajstić information content (AvgIpc) is 2.46. The number of hydrogen-bond acceptors (Lipinski definition) is 4. The predicted molar refractivity (Wildman–Crippen MR) is 75.0 cm³/mol. The van der Waals surface area contributed by atoms with E-state index in [9.17, 15) is 9.59 Å². The number of urea groups is 1. The second-order valence-electron chi connectivity index (χ2n) is 4.43. The highest BCUT2D eigenvalue weighted by Crippen LogP contribution is 2.12. The molecule has 0 aliphatic carbocycles. The second kappa shape index (κ2) is 6.72. The zero-order chi connectivity index (χ0) is 14.4. The zero-order valence-corrected chi connectivity index (χ0v) is 11.0. The largest absolute Gasteiger partial charge is 0.398 e. The van der Waals surface area contributed by atoms with Crippen LogP contribution in [-0.4, -0.2) is 25.2 Å². The first-order chi connectivity index (χ1) is 9.66. The third-order valence-electron chi connectivity index (χ3n) is 2.97. The lowest BCUT2D eigenvalue weighted by Gasteiger charge is -2.14. The first-order valence-corrected chi connectivity index (χ1v) is 6.39. The van der Waals surface area contributed by atoms with E-state index in [1.54, 1.807) is 30.5 Å². The van der Waals surface area contributed by atoms with E-state index >= 15 is 0 Å². The molecule has 3 amide bonds. The molecular weight excluding hydrogens is 258 g/mol. The number of para-hydroxylation sites is 1. The van der Waals surface area contributed by atoms with Gasteiger partial charge in [0, 0.05) is 11.9 Å². The van der Waals surface area contributed by atoms with Gasteiger partial charge in [0.25, 0.3) is 5.91 Å². The first-order valence-electron chi connectivity index (χ1n) is 6.39. The van der Waals surface area contributed by atoms with Crippen molar-refractivity contribution in [2.75, 3.05) is 18.9 Å². The Bertz CT molecular complexity index is 532. The Kier molecular flexibility index (Phi) is 4.73. The molecule has 0 saturated carbocycles. The van der Waals surface area contributed by atoms with Gasteiger partial charge >= 0.3 is 6.03 Å². The molecule has 6 heteroatoms. The third kappa shape index (κ3) is 3.83. The maximum atomic E-state index is 11.8. The molecule has 1 aliphatic heterocycles. The monoisotopic (exact) mass is 275 g/mol. The molecule has 0 atom stereocenters. The summed E-state index contributed by atoms with van der Waals surface area (Å²) in [4.78, 5) is 23.5. The molecular formula is C14H17N3O3. The number of amides is 3. The van der Waals surface area contributed by atoms with Crippen molar-refractivity contribution in [1.82, 2.24) is 10.6 Å². The maximum Gasteiger partial charge on any atom is 0.325 e. The van der Waals surface area contributed by atoms with Gasteiger partial charge in [-0.1, -0.05) is 12.1 Å². The number of hydrogen-bond donors (Lipinski definition) is 3. The van der Waals surface area contributed by atoms with Gasteiger partial charge in [0.05, 0.1) is 18.8 Å². The van der Waals surface area contributed by atoms with Gasteiger partial charge in [-0.05, 0) is 30.5 Å².